The molecule has 1 amide bonds. The van der Waals surface area contributed by atoms with Crippen LogP contribution in [0.5, 0.6) is 0 Å². The molecule has 6 nitrogen and oxygen atoms in total. The SMILES string of the molecule is COCCN(Cc1nnc(-c2cccs2)o1)C(=O)c1cc2c(s1)CCC(C)C2. The normalized spacial score (nSPS) is 16.1. The number of thiophene rings is 2. The molecular weight excluding hydrogens is 394 g/mol. The van der Waals surface area contributed by atoms with Crippen molar-refractivity contribution in [3.8, 4) is 10.8 Å². The molecule has 1 aliphatic rings. The van der Waals surface area contributed by atoms with Crippen molar-refractivity contribution < 1.29 is 13.9 Å². The van der Waals surface area contributed by atoms with Crippen LogP contribution in [0.25, 0.3) is 10.8 Å². The van der Waals surface area contributed by atoms with Crippen molar-refractivity contribution >= 4 is 28.6 Å². The van der Waals surface area contributed by atoms with Crippen molar-refractivity contribution in [1.82, 2.24) is 15.1 Å². The quantitative estimate of drug-likeness (QED) is 0.574. The summed E-state index contributed by atoms with van der Waals surface area (Å²) in [6.45, 7) is 3.48. The van der Waals surface area contributed by atoms with Gasteiger partial charge in [0, 0.05) is 18.5 Å². The first-order chi connectivity index (χ1) is 13.6. The lowest BCUT2D eigenvalue weighted by atomic mass is 9.90. The third-order valence-electron chi connectivity index (χ3n) is 4.92. The summed E-state index contributed by atoms with van der Waals surface area (Å²) in [5, 5.41) is 10.2. The molecule has 0 fully saturated rings. The molecule has 0 spiro atoms. The highest BCUT2D eigenvalue weighted by molar-refractivity contribution is 7.14. The van der Waals surface area contributed by atoms with Gasteiger partial charge in [-0.3, -0.25) is 4.79 Å². The van der Waals surface area contributed by atoms with Crippen LogP contribution in [0.2, 0.25) is 0 Å². The minimum absolute atomic E-state index is 0.0000216. The Hall–Kier alpha value is -2.03. The van der Waals surface area contributed by atoms with E-state index >= 15 is 0 Å². The Kier molecular flexibility index (Phi) is 5.89. The molecule has 3 aromatic rings. The number of ether oxygens (including phenoxy) is 1. The molecule has 4 rings (SSSR count). The Balaban J connectivity index is 1.52. The van der Waals surface area contributed by atoms with Crippen LogP contribution in [0.3, 0.4) is 0 Å². The van der Waals surface area contributed by atoms with Gasteiger partial charge in [-0.25, -0.2) is 0 Å². The Morgan fingerprint density at radius 2 is 2.32 bits per heavy atom. The van der Waals surface area contributed by atoms with Crippen LogP contribution in [-0.2, 0) is 24.1 Å². The molecule has 8 heteroatoms. The highest BCUT2D eigenvalue weighted by atomic mass is 32.1. The van der Waals surface area contributed by atoms with Crippen LogP contribution in [0.15, 0.2) is 28.0 Å². The van der Waals surface area contributed by atoms with Crippen LogP contribution < -0.4 is 0 Å². The van der Waals surface area contributed by atoms with E-state index < -0.39 is 0 Å². The van der Waals surface area contributed by atoms with Crippen LogP contribution >= 0.6 is 22.7 Å². The predicted octanol–water partition coefficient (Wildman–Crippen LogP) is 4.27. The molecule has 148 valence electrons. The summed E-state index contributed by atoms with van der Waals surface area (Å²) in [5.41, 5.74) is 1.33. The number of methoxy groups -OCH3 is 1. The average molecular weight is 418 g/mol. The second-order valence-electron chi connectivity index (χ2n) is 7.10. The van der Waals surface area contributed by atoms with Gasteiger partial charge in [0.15, 0.2) is 0 Å². The molecule has 1 unspecified atom stereocenters. The maximum absolute atomic E-state index is 13.2. The van der Waals surface area contributed by atoms with Gasteiger partial charge in [-0.1, -0.05) is 13.0 Å². The summed E-state index contributed by atoms with van der Waals surface area (Å²) in [4.78, 5) is 18.0. The first-order valence-electron chi connectivity index (χ1n) is 9.40. The number of nitrogens with zero attached hydrogens (tertiary/aromatic N) is 3. The number of hydrogen-bond acceptors (Lipinski definition) is 7. The number of rotatable bonds is 7. The van der Waals surface area contributed by atoms with Gasteiger partial charge in [0.2, 0.25) is 5.89 Å². The lowest BCUT2D eigenvalue weighted by Crippen LogP contribution is -2.33. The summed E-state index contributed by atoms with van der Waals surface area (Å²) in [7, 11) is 1.63. The summed E-state index contributed by atoms with van der Waals surface area (Å²) < 4.78 is 11.0. The van der Waals surface area contributed by atoms with Gasteiger partial charge in [-0.15, -0.1) is 32.9 Å². The van der Waals surface area contributed by atoms with Crippen molar-refractivity contribution in [3.63, 3.8) is 0 Å². The number of carbonyl (C=O) groups excluding carboxylic acids is 1. The maximum Gasteiger partial charge on any atom is 0.264 e. The van der Waals surface area contributed by atoms with Crippen LogP contribution in [0.4, 0.5) is 0 Å². The zero-order valence-corrected chi connectivity index (χ0v) is 17.6. The molecule has 0 N–H and O–H groups in total. The van der Waals surface area contributed by atoms with Gasteiger partial charge in [0.05, 0.1) is 22.9 Å². The lowest BCUT2D eigenvalue weighted by molar-refractivity contribution is 0.0668. The molecule has 0 aliphatic heterocycles. The third-order valence-corrected chi connectivity index (χ3v) is 7.00. The smallest absolute Gasteiger partial charge is 0.264 e. The van der Waals surface area contributed by atoms with Crippen molar-refractivity contribution in [3.05, 3.63) is 44.8 Å². The monoisotopic (exact) mass is 417 g/mol. The lowest BCUT2D eigenvalue weighted by Gasteiger charge is -2.19. The minimum Gasteiger partial charge on any atom is -0.418 e. The van der Waals surface area contributed by atoms with Crippen molar-refractivity contribution in [2.24, 2.45) is 5.92 Å². The third kappa shape index (κ3) is 4.19. The number of carbonyl (C=O) groups is 1. The summed E-state index contributed by atoms with van der Waals surface area (Å²) >= 11 is 3.17. The second kappa shape index (κ2) is 8.55. The van der Waals surface area contributed by atoms with E-state index in [1.54, 1.807) is 34.7 Å². The molecule has 0 saturated carbocycles. The molecule has 0 bridgehead atoms. The van der Waals surface area contributed by atoms with Crippen molar-refractivity contribution in [2.45, 2.75) is 32.7 Å². The van der Waals surface area contributed by atoms with Gasteiger partial charge in [0.25, 0.3) is 11.8 Å². The van der Waals surface area contributed by atoms with E-state index in [-0.39, 0.29) is 12.5 Å². The van der Waals surface area contributed by atoms with E-state index in [9.17, 15) is 4.79 Å². The first kappa shape index (κ1) is 19.3. The van der Waals surface area contributed by atoms with Gasteiger partial charge in [-0.05, 0) is 48.3 Å². The Morgan fingerprint density at radius 1 is 1.43 bits per heavy atom. The molecule has 1 atom stereocenters. The topological polar surface area (TPSA) is 68.5 Å². The number of amides is 1. The minimum atomic E-state index is -0.0000216. The van der Waals surface area contributed by atoms with Crippen LogP contribution in [0.1, 0.15) is 39.3 Å². The molecule has 3 heterocycles. The van der Waals surface area contributed by atoms with Gasteiger partial charge in [0.1, 0.15) is 0 Å². The van der Waals surface area contributed by atoms with Crippen LogP contribution in [-0.4, -0.2) is 41.3 Å². The second-order valence-corrected chi connectivity index (χ2v) is 9.19. The fraction of sp³-hybridized carbons (Fsp3) is 0.450. The summed E-state index contributed by atoms with van der Waals surface area (Å²) in [6, 6.07) is 5.95. The maximum atomic E-state index is 13.2. The van der Waals surface area contributed by atoms with E-state index in [2.05, 4.69) is 23.2 Å². The van der Waals surface area contributed by atoms with Crippen molar-refractivity contribution in [2.75, 3.05) is 20.3 Å². The van der Waals surface area contributed by atoms with Crippen LogP contribution in [0, 0.1) is 5.92 Å². The Bertz CT molecular complexity index is 933. The molecule has 0 radical (unpaired) electrons. The number of fused-ring (bicyclic) bond motifs is 1. The van der Waals surface area contributed by atoms with E-state index in [1.807, 2.05) is 17.5 Å². The zero-order valence-electron chi connectivity index (χ0n) is 16.0. The standard InChI is InChI=1S/C20H23N3O3S2/c1-13-5-6-15-14(10-13)11-17(28-15)20(24)23(7-8-25-2)12-18-21-22-19(26-18)16-4-3-9-27-16/h3-4,9,11,13H,5-8,10,12H2,1-2H3. The fourth-order valence-corrected chi connectivity index (χ4v) is 5.22. The number of aromatic nitrogens is 2. The van der Waals surface area contributed by atoms with Gasteiger partial charge in [-0.2, -0.15) is 0 Å². The van der Waals surface area contributed by atoms with Gasteiger partial charge < -0.3 is 14.1 Å². The average Bonchev–Trinajstić information content (AvgIpc) is 3.43. The highest BCUT2D eigenvalue weighted by Crippen LogP contribution is 2.33. The molecule has 1 aliphatic carbocycles. The van der Waals surface area contributed by atoms with Crippen molar-refractivity contribution in [1.29, 1.82) is 0 Å². The van der Waals surface area contributed by atoms with E-state index in [4.69, 9.17) is 9.15 Å². The largest absolute Gasteiger partial charge is 0.418 e. The summed E-state index contributed by atoms with van der Waals surface area (Å²) in [6.07, 6.45) is 3.33. The Labute approximate surface area is 172 Å². The number of hydrogen-bond donors (Lipinski definition) is 0. The van der Waals surface area contributed by atoms with E-state index in [0.29, 0.717) is 30.9 Å². The molecule has 28 heavy (non-hydrogen) atoms. The van der Waals surface area contributed by atoms with E-state index in [0.717, 1.165) is 22.6 Å². The molecular formula is C20H23N3O3S2. The summed E-state index contributed by atoms with van der Waals surface area (Å²) in [5.74, 6) is 1.61. The number of aryl methyl sites for hydroxylation is 1. The van der Waals surface area contributed by atoms with Gasteiger partial charge >= 0.3 is 0 Å². The molecule has 0 saturated heterocycles. The Morgan fingerprint density at radius 3 is 3.11 bits per heavy atom. The molecule has 0 aromatic carbocycles. The first-order valence-corrected chi connectivity index (χ1v) is 11.1. The highest BCUT2D eigenvalue weighted by Gasteiger charge is 2.25. The fourth-order valence-electron chi connectivity index (χ4n) is 3.40. The molecule has 3 aromatic heterocycles. The van der Waals surface area contributed by atoms with E-state index in [1.165, 1.54) is 16.9 Å². The predicted molar refractivity (Wildman–Crippen MR) is 110 cm³/mol. The zero-order chi connectivity index (χ0) is 19.5.